The number of rotatable bonds is 2. The highest BCUT2D eigenvalue weighted by atomic mass is 16.6. The summed E-state index contributed by atoms with van der Waals surface area (Å²) in [6.07, 6.45) is 6.05. The molecule has 2 unspecified atom stereocenters. The van der Waals surface area contributed by atoms with E-state index in [1.54, 1.807) is 6.08 Å². The van der Waals surface area contributed by atoms with Gasteiger partial charge in [0.25, 0.3) is 5.72 Å². The summed E-state index contributed by atoms with van der Waals surface area (Å²) in [4.78, 5) is 22.6. The number of hydrogen-bond donors (Lipinski definition) is 0. The quantitative estimate of drug-likeness (QED) is 0.338. The number of carbonyl (C=O) groups excluding carboxylic acids is 1. The van der Waals surface area contributed by atoms with Gasteiger partial charge in [0.05, 0.1) is 10.3 Å². The Morgan fingerprint density at radius 3 is 2.71 bits per heavy atom. The van der Waals surface area contributed by atoms with Crippen molar-refractivity contribution in [1.82, 2.24) is 4.48 Å². The van der Waals surface area contributed by atoms with Crippen molar-refractivity contribution in [2.45, 2.75) is 43.9 Å². The molecule has 0 saturated carbocycles. The molecule has 0 amide bonds. The fourth-order valence-electron chi connectivity index (χ4n) is 5.42. The maximum absolute atomic E-state index is 11.9. The fraction of sp³-hybridized carbons (Fsp3) is 0.381. The molecule has 0 aromatic heterocycles. The zero-order chi connectivity index (χ0) is 19.9. The minimum Gasteiger partial charge on any atom is -0.544 e. The van der Waals surface area contributed by atoms with Crippen LogP contribution in [0.4, 0.5) is 5.69 Å². The monoisotopic (exact) mass is 380 g/mol. The Hall–Kier alpha value is -2.93. The number of carbonyl (C=O) groups is 1. The fourth-order valence-corrected chi connectivity index (χ4v) is 5.42. The van der Waals surface area contributed by atoms with Gasteiger partial charge in [0.1, 0.15) is 24.0 Å². The van der Waals surface area contributed by atoms with E-state index in [-0.39, 0.29) is 15.1 Å². The first-order valence-corrected chi connectivity index (χ1v) is 9.40. The van der Waals surface area contributed by atoms with Crippen LogP contribution >= 0.6 is 0 Å². The number of nitrogens with zero attached hydrogens (tertiary/aromatic N) is 2. The molecule has 1 saturated heterocycles. The van der Waals surface area contributed by atoms with Gasteiger partial charge in [0.15, 0.2) is 6.04 Å². The van der Waals surface area contributed by atoms with Crippen LogP contribution in [0.1, 0.15) is 32.3 Å². The molecule has 1 aromatic rings. The molecule has 4 aliphatic rings. The highest BCUT2D eigenvalue weighted by Crippen LogP contribution is 2.65. The van der Waals surface area contributed by atoms with Gasteiger partial charge in [0, 0.05) is 36.1 Å². The molecule has 7 heteroatoms. The third-order valence-electron chi connectivity index (χ3n) is 6.88. The number of aliphatic carboxylic acids is 1. The highest BCUT2D eigenvalue weighted by molar-refractivity contribution is 5.85. The van der Waals surface area contributed by atoms with Crippen molar-refractivity contribution in [2.24, 2.45) is 0 Å². The zero-order valence-electron chi connectivity index (χ0n) is 15.7. The minimum atomic E-state index is -1.08. The average molecular weight is 380 g/mol. The molecule has 28 heavy (non-hydrogen) atoms. The number of para-hydroxylation sites is 1. The van der Waals surface area contributed by atoms with Crippen LogP contribution in [-0.2, 0) is 14.9 Å². The second-order valence-corrected chi connectivity index (χ2v) is 8.43. The first-order valence-electron chi connectivity index (χ1n) is 9.40. The van der Waals surface area contributed by atoms with Crippen LogP contribution in [0.5, 0.6) is 0 Å². The lowest BCUT2D eigenvalue weighted by Gasteiger charge is -2.45. The first-order chi connectivity index (χ1) is 13.2. The van der Waals surface area contributed by atoms with Gasteiger partial charge in [-0.25, -0.2) is 4.48 Å². The molecule has 2 spiro atoms. The van der Waals surface area contributed by atoms with Crippen molar-refractivity contribution >= 4 is 11.7 Å². The largest absolute Gasteiger partial charge is 0.544 e. The van der Waals surface area contributed by atoms with E-state index in [0.29, 0.717) is 30.7 Å². The van der Waals surface area contributed by atoms with Gasteiger partial charge in [-0.3, -0.25) is 10.1 Å². The second-order valence-electron chi connectivity index (χ2n) is 8.43. The summed E-state index contributed by atoms with van der Waals surface area (Å²) in [6, 6.07) is 7.20. The van der Waals surface area contributed by atoms with Crippen LogP contribution < -0.4 is 9.59 Å². The van der Waals surface area contributed by atoms with Crippen LogP contribution in [0.3, 0.4) is 0 Å². The van der Waals surface area contributed by atoms with Gasteiger partial charge in [-0.2, -0.15) is 0 Å². The number of hydrogen-bond acceptors (Lipinski definition) is 5. The van der Waals surface area contributed by atoms with Gasteiger partial charge in [-0.05, 0) is 26.0 Å². The van der Waals surface area contributed by atoms with Gasteiger partial charge >= 0.3 is 0 Å². The summed E-state index contributed by atoms with van der Waals surface area (Å²) >= 11 is 0. The second kappa shape index (κ2) is 5.11. The van der Waals surface area contributed by atoms with E-state index in [9.17, 15) is 20.0 Å². The number of carboxylic acid groups (broad SMARTS) is 1. The van der Waals surface area contributed by atoms with Crippen LogP contribution in [0.15, 0.2) is 59.5 Å². The predicted molar refractivity (Wildman–Crippen MR) is 99.2 cm³/mol. The predicted octanol–water partition coefficient (Wildman–Crippen LogP) is 1.91. The van der Waals surface area contributed by atoms with E-state index in [2.05, 4.69) is 13.8 Å². The highest BCUT2D eigenvalue weighted by Gasteiger charge is 2.81. The van der Waals surface area contributed by atoms with Crippen molar-refractivity contribution in [3.63, 3.8) is 0 Å². The number of benzene rings is 1. The Balaban J connectivity index is 1.68. The summed E-state index contributed by atoms with van der Waals surface area (Å²) in [7, 11) is 0. The van der Waals surface area contributed by atoms with Crippen LogP contribution in [-0.4, -0.2) is 29.2 Å². The lowest BCUT2D eigenvalue weighted by Crippen LogP contribution is -2.62. The molecule has 0 bridgehead atoms. The molecule has 1 fully saturated rings. The zero-order valence-corrected chi connectivity index (χ0v) is 15.7. The van der Waals surface area contributed by atoms with Crippen molar-refractivity contribution in [3.8, 4) is 0 Å². The molecule has 3 aliphatic heterocycles. The van der Waals surface area contributed by atoms with Gasteiger partial charge in [-0.1, -0.05) is 18.2 Å². The molecule has 3 atom stereocenters. The normalized spacial score (nSPS) is 33.9. The third kappa shape index (κ3) is 1.80. The Bertz CT molecular complexity index is 1040. The van der Waals surface area contributed by atoms with Gasteiger partial charge in [-0.15, -0.1) is 0 Å². The van der Waals surface area contributed by atoms with Gasteiger partial charge < -0.3 is 14.6 Å². The molecule has 5 rings (SSSR count). The Kier molecular flexibility index (Phi) is 3.14. The average Bonchev–Trinajstić information content (AvgIpc) is 3.41. The van der Waals surface area contributed by atoms with Crippen LogP contribution in [0, 0.1) is 10.1 Å². The van der Waals surface area contributed by atoms with E-state index in [4.69, 9.17) is 4.74 Å². The Labute approximate surface area is 162 Å². The number of fused-ring (bicyclic) bond motifs is 3. The number of carboxylic acids is 1. The maximum atomic E-state index is 11.9. The first kappa shape index (κ1) is 17.2. The van der Waals surface area contributed by atoms with E-state index in [0.717, 1.165) is 11.3 Å². The SMILES string of the molecule is CC1(C)c2ccccc2[N+]2(CC2C(=O)[O-])[C@@]12C=CC1=C(CCC([N+](=O)[O-])=C1)O2. The molecule has 0 N–H and O–H groups in total. The summed E-state index contributed by atoms with van der Waals surface area (Å²) in [5.41, 5.74) is 1.47. The summed E-state index contributed by atoms with van der Waals surface area (Å²) in [5, 5.41) is 23.0. The van der Waals surface area contributed by atoms with Gasteiger partial charge in [0.2, 0.25) is 5.70 Å². The van der Waals surface area contributed by atoms with Crippen molar-refractivity contribution in [3.05, 3.63) is 75.2 Å². The van der Waals surface area contributed by atoms with Crippen LogP contribution in [0.25, 0.3) is 0 Å². The van der Waals surface area contributed by atoms with E-state index < -0.39 is 23.2 Å². The Morgan fingerprint density at radius 2 is 2.04 bits per heavy atom. The molecule has 7 nitrogen and oxygen atoms in total. The lowest BCUT2D eigenvalue weighted by atomic mass is 9.76. The van der Waals surface area contributed by atoms with Crippen molar-refractivity contribution < 1.29 is 19.6 Å². The molecule has 3 heterocycles. The summed E-state index contributed by atoms with van der Waals surface area (Å²) < 4.78 is 6.81. The Morgan fingerprint density at radius 1 is 1.29 bits per heavy atom. The lowest BCUT2D eigenvalue weighted by molar-refractivity contribution is -0.428. The van der Waals surface area contributed by atoms with E-state index >= 15 is 0 Å². The van der Waals surface area contributed by atoms with E-state index in [1.807, 2.05) is 36.4 Å². The molecular weight excluding hydrogens is 360 g/mol. The number of nitro groups is 1. The smallest absolute Gasteiger partial charge is 0.277 e. The number of quaternary nitrogens is 1. The number of allylic oxidation sites excluding steroid dienone is 5. The molecule has 0 radical (unpaired) electrons. The van der Waals surface area contributed by atoms with Crippen molar-refractivity contribution in [1.29, 1.82) is 0 Å². The minimum absolute atomic E-state index is 0.167. The molecule has 144 valence electrons. The van der Waals surface area contributed by atoms with E-state index in [1.165, 1.54) is 0 Å². The third-order valence-corrected chi connectivity index (χ3v) is 6.88. The molecule has 1 aliphatic carbocycles. The molecular formula is C21H20N2O5. The summed E-state index contributed by atoms with van der Waals surface area (Å²) in [5.74, 6) is -0.390. The van der Waals surface area contributed by atoms with Crippen molar-refractivity contribution in [2.75, 3.05) is 6.54 Å². The topological polar surface area (TPSA) is 92.5 Å². The molecule has 1 aromatic carbocycles. The summed E-state index contributed by atoms with van der Waals surface area (Å²) in [6.45, 7) is 4.55. The standard InChI is InChI=1S/C21H20N2O5/c1-20(2)15-5-3-4-6-16(15)23(12-17(23)19(24)25)21(20)10-9-13-11-14(22(26)27)7-8-18(13)28-21/h3-6,9-11,17H,7-8,12H2,1-2H3/t17?,21-,23?/m1/s1. The maximum Gasteiger partial charge on any atom is 0.277 e. The van der Waals surface area contributed by atoms with Crippen LogP contribution in [0.2, 0.25) is 0 Å². The number of ether oxygens (including phenoxy) is 1.